The van der Waals surface area contributed by atoms with E-state index in [-0.39, 0.29) is 0 Å². The largest absolute Gasteiger partial charge is 0.313 e. The van der Waals surface area contributed by atoms with Gasteiger partial charge in [0.25, 0.3) is 0 Å². The zero-order valence-electron chi connectivity index (χ0n) is 12.0. The van der Waals surface area contributed by atoms with Gasteiger partial charge in [0.05, 0.1) is 0 Å². The minimum Gasteiger partial charge on any atom is -0.313 e. The average Bonchev–Trinajstić information content (AvgIpc) is 2.38. The van der Waals surface area contributed by atoms with Crippen LogP contribution in [0.3, 0.4) is 0 Å². The first-order valence-corrected chi connectivity index (χ1v) is 7.75. The average molecular weight is 281 g/mol. The Morgan fingerprint density at radius 2 is 2.21 bits per heavy atom. The predicted molar refractivity (Wildman–Crippen MR) is 82.6 cm³/mol. The highest BCUT2D eigenvalue weighted by molar-refractivity contribution is 6.30. The van der Waals surface area contributed by atoms with Crippen LogP contribution in [0, 0.1) is 0 Å². The summed E-state index contributed by atoms with van der Waals surface area (Å²) < 4.78 is 0. The molecule has 0 aliphatic carbocycles. The van der Waals surface area contributed by atoms with Gasteiger partial charge < -0.3 is 5.32 Å². The Kier molecular flexibility index (Phi) is 5.68. The van der Waals surface area contributed by atoms with E-state index >= 15 is 0 Å². The summed E-state index contributed by atoms with van der Waals surface area (Å²) in [6.07, 6.45) is 3.98. The molecule has 3 heteroatoms. The van der Waals surface area contributed by atoms with Gasteiger partial charge in [0.15, 0.2) is 0 Å². The topological polar surface area (TPSA) is 15.3 Å². The lowest BCUT2D eigenvalue weighted by Gasteiger charge is -2.36. The van der Waals surface area contributed by atoms with Crippen LogP contribution >= 0.6 is 11.6 Å². The Morgan fingerprint density at radius 3 is 2.95 bits per heavy atom. The lowest BCUT2D eigenvalue weighted by Crippen LogP contribution is -2.46. The molecule has 1 fully saturated rings. The fourth-order valence-corrected chi connectivity index (χ4v) is 2.95. The molecule has 1 aliphatic heterocycles. The van der Waals surface area contributed by atoms with Crippen molar-refractivity contribution in [2.24, 2.45) is 0 Å². The van der Waals surface area contributed by atoms with E-state index in [2.05, 4.69) is 36.2 Å². The van der Waals surface area contributed by atoms with Crippen molar-refractivity contribution in [3.8, 4) is 0 Å². The molecule has 1 unspecified atom stereocenters. The van der Waals surface area contributed by atoms with E-state index in [1.54, 1.807) is 0 Å². The van der Waals surface area contributed by atoms with Crippen LogP contribution in [0.2, 0.25) is 5.02 Å². The predicted octanol–water partition coefficient (Wildman–Crippen LogP) is 3.69. The minimum atomic E-state index is 0.565. The number of likely N-dealkylation sites (tertiary alicyclic amines) is 1. The Morgan fingerprint density at radius 1 is 1.37 bits per heavy atom. The third kappa shape index (κ3) is 4.79. The maximum absolute atomic E-state index is 6.07. The van der Waals surface area contributed by atoms with E-state index in [0.29, 0.717) is 12.1 Å². The van der Waals surface area contributed by atoms with Gasteiger partial charge in [-0.05, 0) is 37.1 Å². The van der Waals surface area contributed by atoms with Crippen LogP contribution in [-0.2, 0) is 6.54 Å². The van der Waals surface area contributed by atoms with Gasteiger partial charge in [-0.3, -0.25) is 4.90 Å². The number of nitrogens with one attached hydrogen (secondary N) is 1. The Hall–Kier alpha value is -0.570. The second-order valence-corrected chi connectivity index (χ2v) is 6.25. The Bertz CT molecular complexity index is 392. The van der Waals surface area contributed by atoms with Crippen molar-refractivity contribution >= 4 is 11.6 Å². The number of piperidine rings is 1. The maximum atomic E-state index is 6.07. The number of rotatable bonds is 5. The van der Waals surface area contributed by atoms with Gasteiger partial charge in [-0.1, -0.05) is 44.0 Å². The molecular weight excluding hydrogens is 256 g/mol. The van der Waals surface area contributed by atoms with Crippen LogP contribution in [0.15, 0.2) is 24.3 Å². The Labute approximate surface area is 122 Å². The van der Waals surface area contributed by atoms with Crippen molar-refractivity contribution in [3.63, 3.8) is 0 Å². The quantitative estimate of drug-likeness (QED) is 0.885. The molecule has 2 rings (SSSR count). The molecular formula is C16H25ClN2. The summed E-state index contributed by atoms with van der Waals surface area (Å²) in [4.78, 5) is 2.60. The van der Waals surface area contributed by atoms with Gasteiger partial charge in [-0.15, -0.1) is 0 Å². The van der Waals surface area contributed by atoms with Gasteiger partial charge in [0, 0.05) is 30.2 Å². The van der Waals surface area contributed by atoms with E-state index in [9.17, 15) is 0 Å². The molecule has 0 amide bonds. The van der Waals surface area contributed by atoms with Crippen LogP contribution in [0.25, 0.3) is 0 Å². The molecule has 106 valence electrons. The molecule has 2 nitrogen and oxygen atoms in total. The van der Waals surface area contributed by atoms with Crippen LogP contribution in [-0.4, -0.2) is 30.1 Å². The fraction of sp³-hybridized carbons (Fsp3) is 0.625. The normalized spacial score (nSPS) is 20.9. The number of hydrogen-bond donors (Lipinski definition) is 1. The van der Waals surface area contributed by atoms with Crippen molar-refractivity contribution in [3.05, 3.63) is 34.9 Å². The van der Waals surface area contributed by atoms with Crippen molar-refractivity contribution in [1.29, 1.82) is 0 Å². The molecule has 1 N–H and O–H groups in total. The molecule has 1 heterocycles. The van der Waals surface area contributed by atoms with Crippen LogP contribution < -0.4 is 5.32 Å². The summed E-state index contributed by atoms with van der Waals surface area (Å²) in [6, 6.07) is 9.48. The third-order valence-corrected chi connectivity index (χ3v) is 4.02. The first-order chi connectivity index (χ1) is 9.15. The van der Waals surface area contributed by atoms with E-state index in [4.69, 9.17) is 11.6 Å². The lowest BCUT2D eigenvalue weighted by atomic mass is 10.0. The summed E-state index contributed by atoms with van der Waals surface area (Å²) >= 11 is 6.07. The smallest absolute Gasteiger partial charge is 0.0409 e. The van der Waals surface area contributed by atoms with E-state index in [1.165, 1.54) is 31.4 Å². The van der Waals surface area contributed by atoms with Gasteiger partial charge >= 0.3 is 0 Å². The minimum absolute atomic E-state index is 0.565. The standard InChI is InChI=1S/C16H25ClN2/c1-13(2)18-11-16-8-3-4-9-19(16)12-14-6-5-7-15(17)10-14/h5-7,10,13,16,18H,3-4,8-9,11-12H2,1-2H3. The first kappa shape index (κ1) is 14.8. The van der Waals surface area contributed by atoms with Crippen molar-refractivity contribution in [2.75, 3.05) is 13.1 Å². The summed E-state index contributed by atoms with van der Waals surface area (Å²) in [5.41, 5.74) is 1.32. The van der Waals surface area contributed by atoms with E-state index < -0.39 is 0 Å². The van der Waals surface area contributed by atoms with Gasteiger partial charge in [0.2, 0.25) is 0 Å². The van der Waals surface area contributed by atoms with Crippen molar-refractivity contribution in [1.82, 2.24) is 10.2 Å². The maximum Gasteiger partial charge on any atom is 0.0409 e. The van der Waals surface area contributed by atoms with E-state index in [1.807, 2.05) is 12.1 Å². The van der Waals surface area contributed by atoms with Crippen LogP contribution in [0.4, 0.5) is 0 Å². The zero-order chi connectivity index (χ0) is 13.7. The lowest BCUT2D eigenvalue weighted by molar-refractivity contribution is 0.136. The fourth-order valence-electron chi connectivity index (χ4n) is 2.74. The second-order valence-electron chi connectivity index (χ2n) is 5.81. The summed E-state index contributed by atoms with van der Waals surface area (Å²) in [5.74, 6) is 0. The molecule has 0 bridgehead atoms. The first-order valence-electron chi connectivity index (χ1n) is 7.37. The highest BCUT2D eigenvalue weighted by Gasteiger charge is 2.22. The van der Waals surface area contributed by atoms with Gasteiger partial charge in [-0.25, -0.2) is 0 Å². The zero-order valence-corrected chi connectivity index (χ0v) is 12.8. The summed E-state index contributed by atoms with van der Waals surface area (Å²) in [7, 11) is 0. The molecule has 0 saturated carbocycles. The monoisotopic (exact) mass is 280 g/mol. The molecule has 1 aliphatic rings. The van der Waals surface area contributed by atoms with Crippen molar-refractivity contribution < 1.29 is 0 Å². The molecule has 1 saturated heterocycles. The van der Waals surface area contributed by atoms with Crippen LogP contribution in [0.1, 0.15) is 38.7 Å². The second kappa shape index (κ2) is 7.28. The molecule has 19 heavy (non-hydrogen) atoms. The number of hydrogen-bond acceptors (Lipinski definition) is 2. The highest BCUT2D eigenvalue weighted by Crippen LogP contribution is 2.20. The Balaban J connectivity index is 1.95. The molecule has 0 aromatic heterocycles. The molecule has 0 spiro atoms. The number of halogens is 1. The molecule has 1 atom stereocenters. The highest BCUT2D eigenvalue weighted by atomic mass is 35.5. The number of benzene rings is 1. The van der Waals surface area contributed by atoms with E-state index in [0.717, 1.165) is 18.1 Å². The van der Waals surface area contributed by atoms with Gasteiger partial charge in [0.1, 0.15) is 0 Å². The van der Waals surface area contributed by atoms with Gasteiger partial charge in [-0.2, -0.15) is 0 Å². The SMILES string of the molecule is CC(C)NCC1CCCCN1Cc1cccc(Cl)c1. The van der Waals surface area contributed by atoms with Crippen LogP contribution in [0.5, 0.6) is 0 Å². The van der Waals surface area contributed by atoms with Crippen molar-refractivity contribution in [2.45, 2.75) is 51.7 Å². The molecule has 0 radical (unpaired) electrons. The summed E-state index contributed by atoms with van der Waals surface area (Å²) in [5, 5.41) is 4.41. The molecule has 1 aromatic rings. The third-order valence-electron chi connectivity index (χ3n) is 3.79. The summed E-state index contributed by atoms with van der Waals surface area (Å²) in [6.45, 7) is 7.74. The molecule has 1 aromatic carbocycles. The number of nitrogens with zero attached hydrogens (tertiary/aromatic N) is 1.